The molecule has 0 aliphatic carbocycles. The van der Waals surface area contributed by atoms with Crippen LogP contribution in [-0.2, 0) is 0 Å². The second-order valence-corrected chi connectivity index (χ2v) is 7.21. The van der Waals surface area contributed by atoms with Crippen LogP contribution in [0.15, 0.2) is 12.3 Å². The third kappa shape index (κ3) is 4.30. The number of pyridine rings is 1. The zero-order valence-corrected chi connectivity index (χ0v) is 17.4. The summed E-state index contributed by atoms with van der Waals surface area (Å²) < 4.78 is 1.89. The number of carbonyl (C=O) groups is 1. The van der Waals surface area contributed by atoms with Gasteiger partial charge >= 0.3 is 0 Å². The largest absolute Gasteiger partial charge is 0.339 e. The SMILES string of the molecule is Cc1nc2c(cnn2C(C)C)cc1C(=O)N1CCC(C(C)N)CC1.Cl.Cl. The van der Waals surface area contributed by atoms with Gasteiger partial charge in [0.05, 0.1) is 17.5 Å². The van der Waals surface area contributed by atoms with Crippen LogP contribution >= 0.6 is 24.8 Å². The van der Waals surface area contributed by atoms with E-state index in [2.05, 4.69) is 30.9 Å². The Morgan fingerprint density at radius 1 is 1.23 bits per heavy atom. The molecule has 0 aromatic carbocycles. The van der Waals surface area contributed by atoms with Gasteiger partial charge in [-0.2, -0.15) is 5.10 Å². The number of carbonyl (C=O) groups excluding carboxylic acids is 1. The number of aromatic nitrogens is 3. The van der Waals surface area contributed by atoms with Crippen molar-refractivity contribution in [3.05, 3.63) is 23.5 Å². The van der Waals surface area contributed by atoms with Gasteiger partial charge < -0.3 is 10.6 Å². The highest BCUT2D eigenvalue weighted by molar-refractivity contribution is 5.98. The van der Waals surface area contributed by atoms with Crippen LogP contribution in [0.5, 0.6) is 0 Å². The number of amides is 1. The van der Waals surface area contributed by atoms with Crippen molar-refractivity contribution in [1.82, 2.24) is 19.7 Å². The Kier molecular flexibility index (Phi) is 7.86. The van der Waals surface area contributed by atoms with Gasteiger partial charge in [-0.15, -0.1) is 24.8 Å². The minimum Gasteiger partial charge on any atom is -0.339 e. The smallest absolute Gasteiger partial charge is 0.255 e. The van der Waals surface area contributed by atoms with Gasteiger partial charge in [0.15, 0.2) is 5.65 Å². The van der Waals surface area contributed by atoms with Crippen LogP contribution in [0, 0.1) is 12.8 Å². The van der Waals surface area contributed by atoms with Crippen LogP contribution in [0.25, 0.3) is 11.0 Å². The molecule has 26 heavy (non-hydrogen) atoms. The number of hydrogen-bond acceptors (Lipinski definition) is 4. The van der Waals surface area contributed by atoms with Crippen molar-refractivity contribution in [1.29, 1.82) is 0 Å². The van der Waals surface area contributed by atoms with Crippen molar-refractivity contribution in [2.75, 3.05) is 13.1 Å². The summed E-state index contributed by atoms with van der Waals surface area (Å²) in [5.41, 5.74) is 8.29. The molecule has 0 saturated carbocycles. The van der Waals surface area contributed by atoms with Crippen LogP contribution in [-0.4, -0.2) is 44.7 Å². The highest BCUT2D eigenvalue weighted by Crippen LogP contribution is 2.24. The van der Waals surface area contributed by atoms with Crippen LogP contribution < -0.4 is 5.73 Å². The molecule has 0 spiro atoms. The topological polar surface area (TPSA) is 77.0 Å². The van der Waals surface area contributed by atoms with Gasteiger partial charge in [-0.3, -0.25) is 4.79 Å². The maximum absolute atomic E-state index is 12.9. The van der Waals surface area contributed by atoms with E-state index in [4.69, 9.17) is 5.73 Å². The lowest BCUT2D eigenvalue weighted by Crippen LogP contribution is -2.42. The number of rotatable bonds is 3. The predicted molar refractivity (Wildman–Crippen MR) is 109 cm³/mol. The number of nitrogens with zero attached hydrogens (tertiary/aromatic N) is 4. The Morgan fingerprint density at radius 2 is 1.85 bits per heavy atom. The van der Waals surface area contributed by atoms with Gasteiger partial charge in [-0.05, 0) is 52.5 Å². The zero-order valence-electron chi connectivity index (χ0n) is 15.8. The van der Waals surface area contributed by atoms with Crippen molar-refractivity contribution >= 4 is 41.8 Å². The molecule has 1 saturated heterocycles. The van der Waals surface area contributed by atoms with Crippen LogP contribution in [0.4, 0.5) is 0 Å². The third-order valence-electron chi connectivity index (χ3n) is 5.05. The molecule has 6 nitrogen and oxygen atoms in total. The number of likely N-dealkylation sites (tertiary alicyclic amines) is 1. The summed E-state index contributed by atoms with van der Waals surface area (Å²) >= 11 is 0. The minimum atomic E-state index is 0. The Hall–Kier alpha value is -1.37. The second-order valence-electron chi connectivity index (χ2n) is 7.21. The number of nitrogens with two attached hydrogens (primary N) is 1. The average Bonchev–Trinajstić information content (AvgIpc) is 2.96. The zero-order chi connectivity index (χ0) is 17.4. The summed E-state index contributed by atoms with van der Waals surface area (Å²) in [7, 11) is 0. The lowest BCUT2D eigenvalue weighted by atomic mass is 9.90. The molecule has 1 aliphatic heterocycles. The Labute approximate surface area is 167 Å². The molecule has 8 heteroatoms. The first-order valence-corrected chi connectivity index (χ1v) is 8.78. The van der Waals surface area contributed by atoms with E-state index in [9.17, 15) is 4.79 Å². The molecule has 2 aromatic heterocycles. The van der Waals surface area contributed by atoms with E-state index in [1.54, 1.807) is 6.20 Å². The minimum absolute atomic E-state index is 0. The standard InChI is InChI=1S/C18H27N5O.2ClH/c1-11(2)23-17-15(10-20-23)9-16(13(4)21-17)18(24)22-7-5-14(6-8-22)12(3)19;;/h9-12,14H,5-8,19H2,1-4H3;2*1H. The monoisotopic (exact) mass is 401 g/mol. The Morgan fingerprint density at radius 3 is 2.38 bits per heavy atom. The van der Waals surface area contributed by atoms with E-state index in [1.165, 1.54) is 0 Å². The lowest BCUT2D eigenvalue weighted by Gasteiger charge is -2.34. The van der Waals surface area contributed by atoms with Gasteiger partial charge in [0, 0.05) is 30.6 Å². The molecule has 1 fully saturated rings. The van der Waals surface area contributed by atoms with Gasteiger partial charge in [-0.1, -0.05) is 0 Å². The molecule has 0 radical (unpaired) electrons. The average molecular weight is 402 g/mol. The lowest BCUT2D eigenvalue weighted by molar-refractivity contribution is 0.0680. The molecular formula is C18H29Cl2N5O. The van der Waals surface area contributed by atoms with Crippen molar-refractivity contribution in [3.63, 3.8) is 0 Å². The van der Waals surface area contributed by atoms with Gasteiger partial charge in [0.2, 0.25) is 0 Å². The molecule has 3 heterocycles. The number of piperidine rings is 1. The molecule has 3 rings (SSSR count). The van der Waals surface area contributed by atoms with Crippen LogP contribution in [0.3, 0.4) is 0 Å². The Balaban J connectivity index is 0.00000169. The fourth-order valence-electron chi connectivity index (χ4n) is 3.46. The Bertz CT molecular complexity index is 751. The fraction of sp³-hybridized carbons (Fsp3) is 0.611. The molecule has 1 aliphatic rings. The summed E-state index contributed by atoms with van der Waals surface area (Å²) in [4.78, 5) is 19.5. The van der Waals surface area contributed by atoms with Crippen LogP contribution in [0.2, 0.25) is 0 Å². The molecule has 1 amide bonds. The van der Waals surface area contributed by atoms with Gasteiger partial charge in [0.1, 0.15) is 0 Å². The predicted octanol–water partition coefficient (Wildman–Crippen LogP) is 3.36. The van der Waals surface area contributed by atoms with E-state index >= 15 is 0 Å². The molecule has 146 valence electrons. The van der Waals surface area contributed by atoms with E-state index in [1.807, 2.05) is 22.6 Å². The quantitative estimate of drug-likeness (QED) is 0.854. The highest BCUT2D eigenvalue weighted by atomic mass is 35.5. The second kappa shape index (κ2) is 9.02. The van der Waals surface area contributed by atoms with E-state index in [0.29, 0.717) is 11.5 Å². The number of halogens is 2. The molecule has 2 aromatic rings. The first-order chi connectivity index (χ1) is 11.4. The normalized spacial score (nSPS) is 16.3. The highest BCUT2D eigenvalue weighted by Gasteiger charge is 2.27. The summed E-state index contributed by atoms with van der Waals surface area (Å²) in [6.07, 6.45) is 3.74. The number of aryl methyl sites for hydroxylation is 1. The van der Waals surface area contributed by atoms with E-state index < -0.39 is 0 Å². The van der Waals surface area contributed by atoms with E-state index in [-0.39, 0.29) is 42.8 Å². The van der Waals surface area contributed by atoms with Crippen molar-refractivity contribution in [3.8, 4) is 0 Å². The summed E-state index contributed by atoms with van der Waals surface area (Å²) in [5, 5.41) is 5.31. The van der Waals surface area contributed by atoms with Crippen molar-refractivity contribution in [2.24, 2.45) is 11.7 Å². The maximum Gasteiger partial charge on any atom is 0.255 e. The summed E-state index contributed by atoms with van der Waals surface area (Å²) in [6.45, 7) is 9.65. The van der Waals surface area contributed by atoms with Gasteiger partial charge in [-0.25, -0.2) is 9.67 Å². The van der Waals surface area contributed by atoms with Crippen molar-refractivity contribution in [2.45, 2.75) is 52.6 Å². The molecule has 1 unspecified atom stereocenters. The first kappa shape index (κ1) is 22.7. The van der Waals surface area contributed by atoms with E-state index in [0.717, 1.165) is 42.7 Å². The summed E-state index contributed by atoms with van der Waals surface area (Å²) in [5.74, 6) is 0.586. The molecular weight excluding hydrogens is 373 g/mol. The molecule has 0 bridgehead atoms. The third-order valence-corrected chi connectivity index (χ3v) is 5.05. The molecule has 2 N–H and O–H groups in total. The van der Waals surface area contributed by atoms with Crippen LogP contribution in [0.1, 0.15) is 55.7 Å². The van der Waals surface area contributed by atoms with Gasteiger partial charge in [0.25, 0.3) is 5.91 Å². The maximum atomic E-state index is 12.9. The molecule has 1 atom stereocenters. The first-order valence-electron chi connectivity index (χ1n) is 8.78. The number of fused-ring (bicyclic) bond motifs is 1. The van der Waals surface area contributed by atoms with Crippen molar-refractivity contribution < 1.29 is 4.79 Å². The fourth-order valence-corrected chi connectivity index (χ4v) is 3.46. The number of hydrogen-bond donors (Lipinski definition) is 1. The summed E-state index contributed by atoms with van der Waals surface area (Å²) in [6, 6.07) is 2.38.